The van der Waals surface area contributed by atoms with Crippen molar-refractivity contribution < 1.29 is 28.9 Å². The van der Waals surface area contributed by atoms with Gasteiger partial charge in [-0.1, -0.05) is 18.2 Å². The molecule has 164 valence electrons. The molecule has 1 aliphatic heterocycles. The number of benzene rings is 2. The molecule has 2 N–H and O–H groups in total. The second kappa shape index (κ2) is 9.18. The van der Waals surface area contributed by atoms with Gasteiger partial charge in [0.15, 0.2) is 0 Å². The van der Waals surface area contributed by atoms with E-state index < -0.39 is 29.3 Å². The Hall–Kier alpha value is -3.39. The van der Waals surface area contributed by atoms with Crippen molar-refractivity contribution in [2.45, 2.75) is 12.5 Å². The number of rotatable bonds is 7. The highest BCUT2D eigenvalue weighted by atomic mass is 19.1. The van der Waals surface area contributed by atoms with Crippen LogP contribution in [0.4, 0.5) is 4.39 Å². The number of aliphatic hydroxyl groups is 1. The Balaban J connectivity index is 2.14. The van der Waals surface area contributed by atoms with Crippen LogP contribution in [0.25, 0.3) is 5.76 Å². The van der Waals surface area contributed by atoms with E-state index in [1.165, 1.54) is 48.4 Å². The SMILES string of the molecule is COc1ccc(/C(O)=C2\C(=O)C(=O)N(CCCN(C)C)C2c2ccccc2F)c(O)c1. The van der Waals surface area contributed by atoms with E-state index in [1.807, 2.05) is 19.0 Å². The third-order valence-corrected chi connectivity index (χ3v) is 5.20. The number of halogens is 1. The third-order valence-electron chi connectivity index (χ3n) is 5.20. The van der Waals surface area contributed by atoms with Crippen LogP contribution in [0.15, 0.2) is 48.0 Å². The summed E-state index contributed by atoms with van der Waals surface area (Å²) < 4.78 is 19.7. The molecule has 8 heteroatoms. The van der Waals surface area contributed by atoms with Crippen LogP contribution >= 0.6 is 0 Å². The molecule has 0 radical (unpaired) electrons. The summed E-state index contributed by atoms with van der Waals surface area (Å²) in [7, 11) is 5.19. The number of carbonyl (C=O) groups is 2. The molecule has 2 aromatic carbocycles. The van der Waals surface area contributed by atoms with Gasteiger partial charge in [0, 0.05) is 18.2 Å². The molecule has 0 aromatic heterocycles. The van der Waals surface area contributed by atoms with Gasteiger partial charge in [0.2, 0.25) is 0 Å². The van der Waals surface area contributed by atoms with Crippen LogP contribution in [-0.2, 0) is 9.59 Å². The fraction of sp³-hybridized carbons (Fsp3) is 0.304. The van der Waals surface area contributed by atoms with Gasteiger partial charge in [-0.3, -0.25) is 9.59 Å². The van der Waals surface area contributed by atoms with Crippen molar-refractivity contribution in [1.29, 1.82) is 0 Å². The number of ketones is 1. The number of hydrogen-bond donors (Lipinski definition) is 2. The van der Waals surface area contributed by atoms with Crippen LogP contribution in [0.1, 0.15) is 23.6 Å². The van der Waals surface area contributed by atoms with Crippen molar-refractivity contribution in [1.82, 2.24) is 9.80 Å². The molecule has 1 amide bonds. The Kier molecular flexibility index (Phi) is 6.60. The zero-order valence-electron chi connectivity index (χ0n) is 17.6. The van der Waals surface area contributed by atoms with Crippen molar-refractivity contribution in [3.8, 4) is 11.5 Å². The molecule has 1 heterocycles. The number of methoxy groups -OCH3 is 1. The number of carbonyl (C=O) groups excluding carboxylic acids is 2. The molecular weight excluding hydrogens is 403 g/mol. The van der Waals surface area contributed by atoms with Crippen molar-refractivity contribution in [2.24, 2.45) is 0 Å². The van der Waals surface area contributed by atoms with Crippen LogP contribution in [0, 0.1) is 5.82 Å². The summed E-state index contributed by atoms with van der Waals surface area (Å²) >= 11 is 0. The maximum atomic E-state index is 14.7. The number of Topliss-reactive ketones (excluding diaryl/α,β-unsaturated/α-hetero) is 1. The summed E-state index contributed by atoms with van der Waals surface area (Å²) in [6, 6.07) is 8.87. The summed E-state index contributed by atoms with van der Waals surface area (Å²) in [4.78, 5) is 28.9. The zero-order valence-corrected chi connectivity index (χ0v) is 17.6. The van der Waals surface area contributed by atoms with Crippen molar-refractivity contribution in [2.75, 3.05) is 34.3 Å². The lowest BCUT2D eigenvalue weighted by Gasteiger charge is -2.26. The van der Waals surface area contributed by atoms with Gasteiger partial charge < -0.3 is 24.7 Å². The largest absolute Gasteiger partial charge is 0.507 e. The van der Waals surface area contributed by atoms with Gasteiger partial charge >= 0.3 is 0 Å². The Bertz CT molecular complexity index is 1030. The number of phenols is 1. The molecule has 0 spiro atoms. The fourth-order valence-electron chi connectivity index (χ4n) is 3.67. The molecule has 1 fully saturated rings. The minimum Gasteiger partial charge on any atom is -0.507 e. The van der Waals surface area contributed by atoms with Crippen LogP contribution in [0.2, 0.25) is 0 Å². The topological polar surface area (TPSA) is 90.3 Å². The van der Waals surface area contributed by atoms with E-state index in [9.17, 15) is 24.2 Å². The number of nitrogens with zero attached hydrogens (tertiary/aromatic N) is 2. The monoisotopic (exact) mass is 428 g/mol. The zero-order chi connectivity index (χ0) is 22.7. The van der Waals surface area contributed by atoms with Crippen molar-refractivity contribution >= 4 is 17.4 Å². The minimum absolute atomic E-state index is 0.0477. The molecule has 0 aliphatic carbocycles. The second-order valence-corrected chi connectivity index (χ2v) is 7.55. The van der Waals surface area contributed by atoms with Crippen LogP contribution < -0.4 is 4.74 Å². The van der Waals surface area contributed by atoms with Gasteiger partial charge in [-0.05, 0) is 45.3 Å². The van der Waals surface area contributed by atoms with Gasteiger partial charge in [-0.2, -0.15) is 0 Å². The highest BCUT2D eigenvalue weighted by Gasteiger charge is 2.46. The molecule has 7 nitrogen and oxygen atoms in total. The number of amides is 1. The minimum atomic E-state index is -1.11. The Morgan fingerprint density at radius 3 is 2.52 bits per heavy atom. The second-order valence-electron chi connectivity index (χ2n) is 7.55. The summed E-state index contributed by atoms with van der Waals surface area (Å²) in [5, 5.41) is 21.3. The maximum absolute atomic E-state index is 14.7. The predicted octanol–water partition coefficient (Wildman–Crippen LogP) is 2.91. The van der Waals surface area contributed by atoms with Gasteiger partial charge in [-0.25, -0.2) is 4.39 Å². The maximum Gasteiger partial charge on any atom is 0.295 e. The Morgan fingerprint density at radius 2 is 1.90 bits per heavy atom. The van der Waals surface area contributed by atoms with Gasteiger partial charge in [0.1, 0.15) is 23.1 Å². The number of hydrogen-bond acceptors (Lipinski definition) is 6. The van der Waals surface area contributed by atoms with Crippen LogP contribution in [-0.4, -0.2) is 66.0 Å². The molecule has 1 aliphatic rings. The smallest absolute Gasteiger partial charge is 0.295 e. The highest BCUT2D eigenvalue weighted by Crippen LogP contribution is 2.42. The summed E-state index contributed by atoms with van der Waals surface area (Å²) in [5.74, 6) is -2.89. The molecule has 31 heavy (non-hydrogen) atoms. The fourth-order valence-corrected chi connectivity index (χ4v) is 3.67. The summed E-state index contributed by atoms with van der Waals surface area (Å²) in [5.41, 5.74) is -0.213. The molecule has 1 saturated heterocycles. The predicted molar refractivity (Wildman–Crippen MR) is 113 cm³/mol. The molecule has 3 rings (SSSR count). The first-order valence-electron chi connectivity index (χ1n) is 9.81. The van der Waals surface area contributed by atoms with E-state index >= 15 is 0 Å². The lowest BCUT2D eigenvalue weighted by atomic mass is 9.94. The van der Waals surface area contributed by atoms with E-state index in [0.29, 0.717) is 18.7 Å². The average Bonchev–Trinajstić information content (AvgIpc) is 2.98. The van der Waals surface area contributed by atoms with E-state index in [0.717, 1.165) is 0 Å². The first-order valence-corrected chi connectivity index (χ1v) is 9.81. The molecular formula is C23H25FN2O5. The summed E-state index contributed by atoms with van der Waals surface area (Å²) in [6.45, 7) is 0.861. The molecule has 0 bridgehead atoms. The number of likely N-dealkylation sites (tertiary alicyclic amines) is 1. The first-order chi connectivity index (χ1) is 14.8. The number of aromatic hydroxyl groups is 1. The third kappa shape index (κ3) is 4.39. The van der Waals surface area contributed by atoms with E-state index in [-0.39, 0.29) is 29.0 Å². The number of ether oxygens (including phenoxy) is 1. The van der Waals surface area contributed by atoms with E-state index in [1.54, 1.807) is 6.07 Å². The number of phenolic OH excluding ortho intramolecular Hbond substituents is 1. The lowest BCUT2D eigenvalue weighted by Crippen LogP contribution is -2.32. The molecule has 1 unspecified atom stereocenters. The summed E-state index contributed by atoms with van der Waals surface area (Å²) in [6.07, 6.45) is 0.554. The van der Waals surface area contributed by atoms with Gasteiger partial charge in [0.25, 0.3) is 11.7 Å². The van der Waals surface area contributed by atoms with E-state index in [2.05, 4.69) is 0 Å². The average molecular weight is 428 g/mol. The Morgan fingerprint density at radius 1 is 1.19 bits per heavy atom. The molecule has 1 atom stereocenters. The van der Waals surface area contributed by atoms with Crippen molar-refractivity contribution in [3.63, 3.8) is 0 Å². The first kappa shape index (κ1) is 22.3. The normalized spacial score (nSPS) is 18.1. The van der Waals surface area contributed by atoms with E-state index in [4.69, 9.17) is 4.74 Å². The van der Waals surface area contributed by atoms with Crippen molar-refractivity contribution in [3.05, 3.63) is 65.0 Å². The van der Waals surface area contributed by atoms with Crippen LogP contribution in [0.3, 0.4) is 0 Å². The number of aliphatic hydroxyl groups excluding tert-OH is 1. The van der Waals surface area contributed by atoms with Gasteiger partial charge in [0.05, 0.1) is 24.3 Å². The quantitative estimate of drug-likeness (QED) is 0.400. The molecule has 0 saturated carbocycles. The Labute approximate surface area is 180 Å². The highest BCUT2D eigenvalue weighted by molar-refractivity contribution is 6.46. The molecule has 2 aromatic rings. The lowest BCUT2D eigenvalue weighted by molar-refractivity contribution is -0.140. The van der Waals surface area contributed by atoms with Gasteiger partial charge in [-0.15, -0.1) is 0 Å². The van der Waals surface area contributed by atoms with Crippen LogP contribution in [0.5, 0.6) is 11.5 Å². The standard InChI is InChI=1S/C23H25FN2O5/c1-25(2)11-6-12-26-20(15-7-4-5-8-17(15)24)19(22(29)23(26)30)21(28)16-10-9-14(31-3)13-18(16)27/h4-5,7-10,13,20,27-28H,6,11-12H2,1-3H3/b21-19+.